The van der Waals surface area contributed by atoms with E-state index in [1.165, 1.54) is 0 Å². The Morgan fingerprint density at radius 2 is 1.95 bits per heavy atom. The molecule has 0 atom stereocenters. The van der Waals surface area contributed by atoms with Crippen LogP contribution in [-0.2, 0) is 6.54 Å². The maximum atomic E-state index is 6.32. The molecule has 0 spiro atoms. The van der Waals surface area contributed by atoms with Gasteiger partial charge < -0.3 is 5.73 Å². The number of hydrogen-bond acceptors (Lipinski definition) is 2. The molecule has 0 saturated heterocycles. The van der Waals surface area contributed by atoms with Crippen molar-refractivity contribution in [2.75, 3.05) is 0 Å². The van der Waals surface area contributed by atoms with E-state index < -0.39 is 0 Å². The molecule has 0 bridgehead atoms. The summed E-state index contributed by atoms with van der Waals surface area (Å²) in [7, 11) is 0. The minimum absolute atomic E-state index is 0.499. The number of benzene rings is 2. The van der Waals surface area contributed by atoms with E-state index in [1.807, 2.05) is 30.3 Å². The highest BCUT2D eigenvalue weighted by atomic mass is 35.5. The zero-order chi connectivity index (χ0) is 13.2. The van der Waals surface area contributed by atoms with Gasteiger partial charge >= 0.3 is 0 Å². The number of nitrogens with two attached hydrogens (primary N) is 1. The summed E-state index contributed by atoms with van der Waals surface area (Å²) >= 11 is 6.32. The normalized spacial score (nSPS) is 10.8. The van der Waals surface area contributed by atoms with E-state index in [1.54, 1.807) is 6.20 Å². The van der Waals surface area contributed by atoms with Crippen LogP contribution in [0.2, 0.25) is 5.02 Å². The Labute approximate surface area is 116 Å². The number of aromatic nitrogens is 1. The fourth-order valence-electron chi connectivity index (χ4n) is 2.15. The molecular weight excluding hydrogens is 256 g/mol. The predicted octanol–water partition coefficient (Wildman–Crippen LogP) is 4.01. The van der Waals surface area contributed by atoms with Crippen LogP contribution in [0, 0.1) is 0 Å². The molecule has 2 nitrogen and oxygen atoms in total. The van der Waals surface area contributed by atoms with Crippen molar-refractivity contribution in [3.8, 4) is 11.1 Å². The second-order valence-corrected chi connectivity index (χ2v) is 4.84. The van der Waals surface area contributed by atoms with Crippen molar-refractivity contribution in [3.05, 3.63) is 65.3 Å². The first kappa shape index (κ1) is 12.2. The molecule has 0 aliphatic heterocycles. The zero-order valence-corrected chi connectivity index (χ0v) is 11.1. The van der Waals surface area contributed by atoms with Gasteiger partial charge in [0.05, 0.1) is 5.52 Å². The molecule has 0 radical (unpaired) electrons. The summed E-state index contributed by atoms with van der Waals surface area (Å²) in [5, 5.41) is 1.85. The Balaban J connectivity index is 2.13. The molecule has 1 heterocycles. The van der Waals surface area contributed by atoms with Crippen LogP contribution in [0.15, 0.2) is 54.7 Å². The summed E-state index contributed by atoms with van der Waals surface area (Å²) in [6.45, 7) is 0.499. The number of halogens is 1. The Morgan fingerprint density at radius 3 is 2.74 bits per heavy atom. The summed E-state index contributed by atoms with van der Waals surface area (Å²) in [4.78, 5) is 4.37. The topological polar surface area (TPSA) is 38.9 Å². The molecule has 94 valence electrons. The lowest BCUT2D eigenvalue weighted by Gasteiger charge is -2.07. The van der Waals surface area contributed by atoms with Gasteiger partial charge in [0.2, 0.25) is 0 Å². The maximum Gasteiger partial charge on any atom is 0.0708 e. The molecule has 0 amide bonds. The van der Waals surface area contributed by atoms with Gasteiger partial charge in [-0.05, 0) is 29.3 Å². The van der Waals surface area contributed by atoms with Gasteiger partial charge in [0.25, 0.3) is 0 Å². The summed E-state index contributed by atoms with van der Waals surface area (Å²) in [6.07, 6.45) is 1.80. The van der Waals surface area contributed by atoms with Gasteiger partial charge in [-0.25, -0.2) is 0 Å². The fourth-order valence-corrected chi connectivity index (χ4v) is 2.47. The van der Waals surface area contributed by atoms with E-state index in [0.29, 0.717) is 6.54 Å². The van der Waals surface area contributed by atoms with Crippen molar-refractivity contribution >= 4 is 22.5 Å². The number of pyridine rings is 1. The lowest BCUT2D eigenvalue weighted by atomic mass is 10.0. The molecule has 19 heavy (non-hydrogen) atoms. The van der Waals surface area contributed by atoms with Gasteiger partial charge in [-0.3, -0.25) is 4.98 Å². The van der Waals surface area contributed by atoms with Crippen molar-refractivity contribution in [2.24, 2.45) is 5.73 Å². The number of hydrogen-bond donors (Lipinski definition) is 1. The third-order valence-electron chi connectivity index (χ3n) is 3.19. The monoisotopic (exact) mass is 268 g/mol. The second-order valence-electron chi connectivity index (χ2n) is 4.43. The molecule has 0 fully saturated rings. The molecular formula is C16H13ClN2. The van der Waals surface area contributed by atoms with Gasteiger partial charge in [-0.15, -0.1) is 0 Å². The highest BCUT2D eigenvalue weighted by Gasteiger charge is 2.05. The average Bonchev–Trinajstić information content (AvgIpc) is 2.46. The number of fused-ring (bicyclic) bond motifs is 1. The van der Waals surface area contributed by atoms with Crippen molar-refractivity contribution < 1.29 is 0 Å². The first-order valence-corrected chi connectivity index (χ1v) is 6.49. The third kappa shape index (κ3) is 2.33. The fraction of sp³-hybridized carbons (Fsp3) is 0.0625. The SMILES string of the molecule is NCc1ccc(-c2ccc3cccnc3c2)c(Cl)c1. The Morgan fingerprint density at radius 1 is 1.05 bits per heavy atom. The predicted molar refractivity (Wildman–Crippen MR) is 80.1 cm³/mol. The van der Waals surface area contributed by atoms with Gasteiger partial charge in [-0.2, -0.15) is 0 Å². The standard InChI is InChI=1S/C16H13ClN2/c17-15-8-11(10-18)3-6-14(15)13-5-4-12-2-1-7-19-16(12)9-13/h1-9H,10,18H2. The van der Waals surface area contributed by atoms with Crippen LogP contribution in [0.4, 0.5) is 0 Å². The van der Waals surface area contributed by atoms with Crippen LogP contribution in [0.25, 0.3) is 22.0 Å². The van der Waals surface area contributed by atoms with Crippen LogP contribution in [-0.4, -0.2) is 4.98 Å². The van der Waals surface area contributed by atoms with E-state index >= 15 is 0 Å². The van der Waals surface area contributed by atoms with E-state index in [-0.39, 0.29) is 0 Å². The third-order valence-corrected chi connectivity index (χ3v) is 3.50. The van der Waals surface area contributed by atoms with Crippen LogP contribution in [0.5, 0.6) is 0 Å². The molecule has 3 heteroatoms. The van der Waals surface area contributed by atoms with E-state index in [0.717, 1.165) is 32.6 Å². The van der Waals surface area contributed by atoms with Crippen LogP contribution in [0.1, 0.15) is 5.56 Å². The molecule has 0 aliphatic carbocycles. The second kappa shape index (κ2) is 5.00. The van der Waals surface area contributed by atoms with Gasteiger partial charge in [0.15, 0.2) is 0 Å². The minimum Gasteiger partial charge on any atom is -0.326 e. The molecule has 0 saturated carbocycles. The van der Waals surface area contributed by atoms with Crippen molar-refractivity contribution in [1.29, 1.82) is 0 Å². The molecule has 1 aromatic heterocycles. The maximum absolute atomic E-state index is 6.32. The molecule has 2 aromatic carbocycles. The largest absolute Gasteiger partial charge is 0.326 e. The number of nitrogens with zero attached hydrogens (tertiary/aromatic N) is 1. The Hall–Kier alpha value is -1.90. The van der Waals surface area contributed by atoms with Crippen molar-refractivity contribution in [3.63, 3.8) is 0 Å². The summed E-state index contributed by atoms with van der Waals surface area (Å²) in [6, 6.07) is 16.1. The highest BCUT2D eigenvalue weighted by molar-refractivity contribution is 6.33. The summed E-state index contributed by atoms with van der Waals surface area (Å²) in [5.74, 6) is 0. The quantitative estimate of drug-likeness (QED) is 0.763. The molecule has 0 unspecified atom stereocenters. The first-order valence-electron chi connectivity index (χ1n) is 6.11. The lowest BCUT2D eigenvalue weighted by Crippen LogP contribution is -1.96. The number of rotatable bonds is 2. The van der Waals surface area contributed by atoms with Crippen molar-refractivity contribution in [1.82, 2.24) is 4.98 Å². The van der Waals surface area contributed by atoms with Crippen LogP contribution in [0.3, 0.4) is 0 Å². The zero-order valence-electron chi connectivity index (χ0n) is 10.3. The average molecular weight is 269 g/mol. The Bertz CT molecular complexity index is 738. The summed E-state index contributed by atoms with van der Waals surface area (Å²) in [5.41, 5.74) is 9.69. The molecule has 2 N–H and O–H groups in total. The van der Waals surface area contributed by atoms with Crippen molar-refractivity contribution in [2.45, 2.75) is 6.54 Å². The van der Waals surface area contributed by atoms with Crippen LogP contribution >= 0.6 is 11.6 Å². The smallest absolute Gasteiger partial charge is 0.0708 e. The molecule has 0 aliphatic rings. The Kier molecular flexibility index (Phi) is 3.20. The van der Waals surface area contributed by atoms with E-state index in [2.05, 4.69) is 23.2 Å². The molecule has 3 rings (SSSR count). The van der Waals surface area contributed by atoms with E-state index in [4.69, 9.17) is 17.3 Å². The van der Waals surface area contributed by atoms with Gasteiger partial charge in [0.1, 0.15) is 0 Å². The minimum atomic E-state index is 0.499. The molecule has 3 aromatic rings. The highest BCUT2D eigenvalue weighted by Crippen LogP contribution is 2.30. The lowest BCUT2D eigenvalue weighted by molar-refractivity contribution is 1.07. The summed E-state index contributed by atoms with van der Waals surface area (Å²) < 4.78 is 0. The van der Waals surface area contributed by atoms with E-state index in [9.17, 15) is 0 Å². The van der Waals surface area contributed by atoms with Gasteiger partial charge in [0, 0.05) is 28.7 Å². The van der Waals surface area contributed by atoms with Crippen LogP contribution < -0.4 is 5.73 Å². The first-order chi connectivity index (χ1) is 9.28. The van der Waals surface area contributed by atoms with Gasteiger partial charge in [-0.1, -0.05) is 41.9 Å².